The van der Waals surface area contributed by atoms with Gasteiger partial charge in [-0.1, -0.05) is 17.7 Å². The first-order chi connectivity index (χ1) is 13.1. The molecule has 2 aromatic rings. The lowest BCUT2D eigenvalue weighted by atomic mass is 10.2. The Morgan fingerprint density at radius 2 is 2.22 bits per heavy atom. The quantitative estimate of drug-likeness (QED) is 0.597. The van der Waals surface area contributed by atoms with E-state index in [1.807, 2.05) is 12.1 Å². The third kappa shape index (κ3) is 5.35. The van der Waals surface area contributed by atoms with Crippen LogP contribution in [0.1, 0.15) is 24.0 Å². The van der Waals surface area contributed by atoms with E-state index >= 15 is 0 Å². The van der Waals surface area contributed by atoms with E-state index in [1.54, 1.807) is 19.2 Å². The molecule has 0 saturated carbocycles. The zero-order valence-electron chi connectivity index (χ0n) is 15.1. The molecule has 0 aromatic heterocycles. The Bertz CT molecular complexity index is 764. The summed E-state index contributed by atoms with van der Waals surface area (Å²) in [6.45, 7) is 2.37. The zero-order valence-corrected chi connectivity index (χ0v) is 17.4. The fourth-order valence-electron chi connectivity index (χ4n) is 3.01. The van der Waals surface area contributed by atoms with Crippen LogP contribution in [0.5, 0.6) is 11.5 Å². The van der Waals surface area contributed by atoms with E-state index in [9.17, 15) is 4.39 Å². The first-order valence-corrected chi connectivity index (χ1v) is 10.00. The summed E-state index contributed by atoms with van der Waals surface area (Å²) in [6, 6.07) is 8.43. The van der Waals surface area contributed by atoms with Crippen LogP contribution in [-0.4, -0.2) is 26.4 Å². The summed E-state index contributed by atoms with van der Waals surface area (Å²) in [6.07, 6.45) is 2.53. The Hall–Kier alpha value is -1.34. The van der Waals surface area contributed by atoms with Crippen LogP contribution in [0, 0.1) is 5.82 Å². The van der Waals surface area contributed by atoms with Crippen molar-refractivity contribution in [3.63, 3.8) is 0 Å². The van der Waals surface area contributed by atoms with Crippen LogP contribution in [0.25, 0.3) is 0 Å². The average Bonchev–Trinajstić information content (AvgIpc) is 3.15. The SMILES string of the molecule is COc1cc(CNCC2CCCO2)cc(Br)c1OCc1c(F)cccc1Cl. The maximum atomic E-state index is 13.9. The highest BCUT2D eigenvalue weighted by atomic mass is 79.9. The molecule has 0 bridgehead atoms. The van der Waals surface area contributed by atoms with E-state index < -0.39 is 5.82 Å². The maximum absolute atomic E-state index is 13.9. The molecule has 1 aliphatic rings. The molecular formula is C20H22BrClFNO3. The smallest absolute Gasteiger partial charge is 0.175 e. The summed E-state index contributed by atoms with van der Waals surface area (Å²) >= 11 is 9.59. The average molecular weight is 459 g/mol. The number of benzene rings is 2. The molecule has 2 aromatic carbocycles. The van der Waals surface area contributed by atoms with Crippen LogP contribution in [0.3, 0.4) is 0 Å². The Balaban J connectivity index is 1.66. The number of rotatable bonds is 8. The van der Waals surface area contributed by atoms with Crippen molar-refractivity contribution in [2.75, 3.05) is 20.3 Å². The summed E-state index contributed by atoms with van der Waals surface area (Å²) in [5, 5.41) is 3.74. The van der Waals surface area contributed by atoms with Crippen molar-refractivity contribution in [3.05, 3.63) is 56.8 Å². The van der Waals surface area contributed by atoms with Gasteiger partial charge in [0.25, 0.3) is 0 Å². The van der Waals surface area contributed by atoms with Gasteiger partial charge in [0.1, 0.15) is 12.4 Å². The third-order valence-corrected chi connectivity index (χ3v) is 5.38. The number of hydrogen-bond donors (Lipinski definition) is 1. The molecule has 7 heteroatoms. The van der Waals surface area contributed by atoms with Gasteiger partial charge in [-0.3, -0.25) is 0 Å². The number of nitrogens with one attached hydrogen (secondary N) is 1. The minimum Gasteiger partial charge on any atom is -0.493 e. The lowest BCUT2D eigenvalue weighted by Crippen LogP contribution is -2.25. The van der Waals surface area contributed by atoms with Crippen molar-refractivity contribution < 1.29 is 18.6 Å². The Morgan fingerprint density at radius 1 is 1.37 bits per heavy atom. The van der Waals surface area contributed by atoms with Crippen LogP contribution in [0.15, 0.2) is 34.8 Å². The fraction of sp³-hybridized carbons (Fsp3) is 0.400. The van der Waals surface area contributed by atoms with Gasteiger partial charge in [0.15, 0.2) is 11.5 Å². The molecule has 1 unspecified atom stereocenters. The molecule has 1 saturated heterocycles. The molecule has 1 heterocycles. The molecule has 1 N–H and O–H groups in total. The third-order valence-electron chi connectivity index (χ3n) is 4.44. The lowest BCUT2D eigenvalue weighted by Gasteiger charge is -2.16. The van der Waals surface area contributed by atoms with E-state index in [0.29, 0.717) is 34.7 Å². The van der Waals surface area contributed by atoms with Crippen LogP contribution in [0.4, 0.5) is 4.39 Å². The first kappa shape index (κ1) is 20.4. The lowest BCUT2D eigenvalue weighted by molar-refractivity contribution is 0.110. The van der Waals surface area contributed by atoms with Crippen molar-refractivity contribution in [2.45, 2.75) is 32.1 Å². The predicted octanol–water partition coefficient (Wildman–Crippen LogP) is 5.10. The van der Waals surface area contributed by atoms with Crippen LogP contribution in [0.2, 0.25) is 5.02 Å². The highest BCUT2D eigenvalue weighted by Gasteiger charge is 2.16. The van der Waals surface area contributed by atoms with Gasteiger partial charge in [0.05, 0.1) is 22.7 Å². The molecule has 27 heavy (non-hydrogen) atoms. The molecule has 1 atom stereocenters. The summed E-state index contributed by atoms with van der Waals surface area (Å²) in [5.74, 6) is 0.693. The number of hydrogen-bond acceptors (Lipinski definition) is 4. The molecule has 0 aliphatic carbocycles. The van der Waals surface area contributed by atoms with Crippen LogP contribution >= 0.6 is 27.5 Å². The number of methoxy groups -OCH3 is 1. The van der Waals surface area contributed by atoms with E-state index in [0.717, 1.165) is 36.0 Å². The van der Waals surface area contributed by atoms with E-state index in [2.05, 4.69) is 21.2 Å². The van der Waals surface area contributed by atoms with Gasteiger partial charge < -0.3 is 19.5 Å². The van der Waals surface area contributed by atoms with Crippen molar-refractivity contribution in [1.82, 2.24) is 5.32 Å². The molecule has 0 amide bonds. The van der Waals surface area contributed by atoms with Crippen molar-refractivity contribution in [1.29, 1.82) is 0 Å². The van der Waals surface area contributed by atoms with E-state index in [-0.39, 0.29) is 6.61 Å². The molecule has 1 fully saturated rings. The van der Waals surface area contributed by atoms with Gasteiger partial charge in [0.2, 0.25) is 0 Å². The summed E-state index contributed by atoms with van der Waals surface area (Å²) in [5.41, 5.74) is 1.36. The number of ether oxygens (including phenoxy) is 3. The second-order valence-corrected chi connectivity index (χ2v) is 7.63. The van der Waals surface area contributed by atoms with Crippen molar-refractivity contribution in [3.8, 4) is 11.5 Å². The Labute approximate surface area is 172 Å². The Morgan fingerprint density at radius 3 is 2.93 bits per heavy atom. The minimum absolute atomic E-state index is 0.0110. The standard InChI is InChI=1S/C20H22BrClFNO3/c1-25-19-9-13(10-24-11-14-4-3-7-26-14)8-16(21)20(19)27-12-15-17(22)5-2-6-18(15)23/h2,5-6,8-9,14,24H,3-4,7,10-12H2,1H3. The summed E-state index contributed by atoms with van der Waals surface area (Å²) in [7, 11) is 1.58. The van der Waals surface area contributed by atoms with Crippen molar-refractivity contribution >= 4 is 27.5 Å². The second-order valence-electron chi connectivity index (χ2n) is 6.36. The fourth-order valence-corrected chi connectivity index (χ4v) is 3.83. The molecule has 1 aliphatic heterocycles. The van der Waals surface area contributed by atoms with Gasteiger partial charge in [-0.2, -0.15) is 0 Å². The van der Waals surface area contributed by atoms with Crippen LogP contribution in [-0.2, 0) is 17.9 Å². The van der Waals surface area contributed by atoms with Crippen LogP contribution < -0.4 is 14.8 Å². The second kappa shape index (κ2) is 9.73. The van der Waals surface area contributed by atoms with Gasteiger partial charge in [-0.05, 0) is 58.6 Å². The number of halogens is 3. The van der Waals surface area contributed by atoms with Crippen molar-refractivity contribution in [2.24, 2.45) is 0 Å². The zero-order chi connectivity index (χ0) is 19.2. The summed E-state index contributed by atoms with van der Waals surface area (Å²) < 4.78 is 31.6. The Kier molecular flexibility index (Phi) is 7.35. The summed E-state index contributed by atoms with van der Waals surface area (Å²) in [4.78, 5) is 0. The molecule has 3 rings (SSSR count). The largest absolute Gasteiger partial charge is 0.493 e. The first-order valence-electron chi connectivity index (χ1n) is 8.83. The van der Waals surface area contributed by atoms with E-state index in [1.165, 1.54) is 6.07 Å². The molecule has 0 spiro atoms. The normalized spacial score (nSPS) is 16.5. The maximum Gasteiger partial charge on any atom is 0.175 e. The van der Waals surface area contributed by atoms with Gasteiger partial charge in [-0.25, -0.2) is 4.39 Å². The van der Waals surface area contributed by atoms with Gasteiger partial charge in [0, 0.05) is 25.3 Å². The highest BCUT2D eigenvalue weighted by molar-refractivity contribution is 9.10. The highest BCUT2D eigenvalue weighted by Crippen LogP contribution is 2.37. The molecule has 146 valence electrons. The van der Waals surface area contributed by atoms with Gasteiger partial charge in [-0.15, -0.1) is 0 Å². The van der Waals surface area contributed by atoms with E-state index in [4.69, 9.17) is 25.8 Å². The monoisotopic (exact) mass is 457 g/mol. The molecular weight excluding hydrogens is 437 g/mol. The molecule has 0 radical (unpaired) electrons. The molecule has 4 nitrogen and oxygen atoms in total. The predicted molar refractivity (Wildman–Crippen MR) is 107 cm³/mol. The topological polar surface area (TPSA) is 39.7 Å². The minimum atomic E-state index is -0.396. The van der Waals surface area contributed by atoms with Gasteiger partial charge >= 0.3 is 0 Å².